The number of hydrogen-bond donors (Lipinski definition) is 1. The van der Waals surface area contributed by atoms with E-state index in [4.69, 9.17) is 9.47 Å². The van der Waals surface area contributed by atoms with E-state index in [1.165, 1.54) is 18.1 Å². The van der Waals surface area contributed by atoms with E-state index in [9.17, 15) is 9.90 Å². The number of quaternary nitrogens is 1. The Balaban J connectivity index is 3.01. The summed E-state index contributed by atoms with van der Waals surface area (Å²) in [6.45, 7) is 1.16. The maximum atomic E-state index is 11.1. The molecule has 1 rings (SSSR count). The highest BCUT2D eigenvalue weighted by Crippen LogP contribution is 2.34. The van der Waals surface area contributed by atoms with Crippen LogP contribution in [0.15, 0.2) is 16.6 Å². The lowest BCUT2D eigenvalue weighted by Gasteiger charge is -2.16. The third-order valence-corrected chi connectivity index (χ3v) is 2.77. The molecule has 0 saturated carbocycles. The zero-order valence-corrected chi connectivity index (χ0v) is 12.2. The van der Waals surface area contributed by atoms with Gasteiger partial charge in [0.05, 0.1) is 27.2 Å². The first-order valence-corrected chi connectivity index (χ1v) is 6.25. The third kappa shape index (κ3) is 3.89. The molecule has 1 aromatic carbocycles. The molecule has 0 heterocycles. The van der Waals surface area contributed by atoms with Crippen molar-refractivity contribution in [3.05, 3.63) is 22.2 Å². The second kappa shape index (κ2) is 6.61. The lowest BCUT2D eigenvalue weighted by atomic mass is 10.2. The summed E-state index contributed by atoms with van der Waals surface area (Å²) < 4.78 is 11.2. The third-order valence-electron chi connectivity index (χ3n) is 2.31. The van der Waals surface area contributed by atoms with Gasteiger partial charge >= 0.3 is 0 Å². The van der Waals surface area contributed by atoms with Gasteiger partial charge in [0.2, 0.25) is 0 Å². The van der Waals surface area contributed by atoms with Crippen molar-refractivity contribution in [3.8, 4) is 11.5 Å². The summed E-state index contributed by atoms with van der Waals surface area (Å²) in [7, 11) is 5.44. The molecule has 100 valence electrons. The van der Waals surface area contributed by atoms with Gasteiger partial charge in [-0.25, -0.2) is 0 Å². The van der Waals surface area contributed by atoms with Crippen LogP contribution >= 0.6 is 15.9 Å². The lowest BCUT2D eigenvalue weighted by molar-refractivity contribution is -0.858. The maximum Gasteiger partial charge on any atom is 0.170 e. The minimum absolute atomic E-state index is 0.0185. The zero-order chi connectivity index (χ0) is 13.7. The van der Waals surface area contributed by atoms with Gasteiger partial charge in [0.15, 0.2) is 11.5 Å². The zero-order valence-electron chi connectivity index (χ0n) is 10.6. The van der Waals surface area contributed by atoms with Gasteiger partial charge in [-0.1, -0.05) is 15.9 Å². The number of carbonyl (C=O) groups is 1. The SMILES string of the molecule is COc1cc(Br)cc(C(=O)[O-])c1OCC[NH+](C)C. The Kier molecular flexibility index (Phi) is 5.43. The maximum absolute atomic E-state index is 11.1. The fourth-order valence-electron chi connectivity index (χ4n) is 1.38. The average Bonchev–Trinajstić information content (AvgIpc) is 2.29. The van der Waals surface area contributed by atoms with Gasteiger partial charge in [-0.3, -0.25) is 0 Å². The molecular formula is C12H16BrNO4. The predicted molar refractivity (Wildman–Crippen MR) is 68.2 cm³/mol. The van der Waals surface area contributed by atoms with Crippen molar-refractivity contribution in [2.24, 2.45) is 0 Å². The first-order valence-electron chi connectivity index (χ1n) is 5.46. The molecule has 0 aliphatic carbocycles. The van der Waals surface area contributed by atoms with Gasteiger partial charge in [0.25, 0.3) is 0 Å². The summed E-state index contributed by atoms with van der Waals surface area (Å²) in [4.78, 5) is 12.3. The van der Waals surface area contributed by atoms with Crippen LogP contribution in [0.25, 0.3) is 0 Å². The summed E-state index contributed by atoms with van der Waals surface area (Å²) in [5.74, 6) is -0.707. The molecule has 6 heteroatoms. The molecule has 18 heavy (non-hydrogen) atoms. The number of aromatic carboxylic acids is 1. The number of rotatable bonds is 6. The van der Waals surface area contributed by atoms with Gasteiger partial charge in [-0.15, -0.1) is 0 Å². The monoisotopic (exact) mass is 317 g/mol. The predicted octanol–water partition coefficient (Wildman–Crippen LogP) is -0.655. The van der Waals surface area contributed by atoms with Gasteiger partial charge in [-0.05, 0) is 12.1 Å². The molecule has 0 amide bonds. The Morgan fingerprint density at radius 2 is 2.11 bits per heavy atom. The Morgan fingerprint density at radius 3 is 2.61 bits per heavy atom. The Labute approximate surface area is 114 Å². The summed E-state index contributed by atoms with van der Waals surface area (Å²) in [6, 6.07) is 3.10. The fourth-order valence-corrected chi connectivity index (χ4v) is 1.81. The van der Waals surface area contributed by atoms with E-state index in [1.54, 1.807) is 6.07 Å². The molecular weight excluding hydrogens is 302 g/mol. The number of carboxylic acid groups (broad SMARTS) is 1. The topological polar surface area (TPSA) is 63.0 Å². The number of benzene rings is 1. The van der Waals surface area contributed by atoms with Crippen molar-refractivity contribution in [1.82, 2.24) is 0 Å². The number of hydrogen-bond acceptors (Lipinski definition) is 4. The minimum Gasteiger partial charge on any atom is -0.545 e. The van der Waals surface area contributed by atoms with E-state index in [2.05, 4.69) is 15.9 Å². The number of nitrogens with one attached hydrogen (secondary N) is 1. The molecule has 0 radical (unpaired) electrons. The van der Waals surface area contributed by atoms with Crippen LogP contribution in [0.3, 0.4) is 0 Å². The molecule has 0 aliphatic heterocycles. The van der Waals surface area contributed by atoms with Crippen molar-refractivity contribution in [2.75, 3.05) is 34.4 Å². The van der Waals surface area contributed by atoms with Gasteiger partial charge < -0.3 is 24.3 Å². The minimum atomic E-state index is -1.29. The van der Waals surface area contributed by atoms with Crippen LogP contribution in [0.2, 0.25) is 0 Å². The fraction of sp³-hybridized carbons (Fsp3) is 0.417. The molecule has 1 N–H and O–H groups in total. The molecule has 5 nitrogen and oxygen atoms in total. The molecule has 0 aromatic heterocycles. The van der Waals surface area contributed by atoms with E-state index < -0.39 is 5.97 Å². The second-order valence-electron chi connectivity index (χ2n) is 4.08. The van der Waals surface area contributed by atoms with Crippen molar-refractivity contribution < 1.29 is 24.3 Å². The van der Waals surface area contributed by atoms with E-state index >= 15 is 0 Å². The number of halogens is 1. The Bertz CT molecular complexity index is 434. The van der Waals surface area contributed by atoms with Gasteiger partial charge in [0.1, 0.15) is 13.2 Å². The molecule has 0 atom stereocenters. The summed E-state index contributed by atoms with van der Waals surface area (Å²) in [5, 5.41) is 11.1. The van der Waals surface area contributed by atoms with E-state index in [0.717, 1.165) is 6.54 Å². The van der Waals surface area contributed by atoms with Crippen molar-refractivity contribution in [1.29, 1.82) is 0 Å². The van der Waals surface area contributed by atoms with Crippen LogP contribution in [0.1, 0.15) is 10.4 Å². The van der Waals surface area contributed by atoms with Crippen molar-refractivity contribution in [3.63, 3.8) is 0 Å². The molecule has 0 fully saturated rings. The molecule has 0 bridgehead atoms. The highest BCUT2D eigenvalue weighted by Gasteiger charge is 2.14. The second-order valence-corrected chi connectivity index (χ2v) is 4.99. The number of carbonyl (C=O) groups excluding carboxylic acids is 1. The molecule has 0 spiro atoms. The average molecular weight is 318 g/mol. The lowest BCUT2D eigenvalue weighted by Crippen LogP contribution is -3.06. The largest absolute Gasteiger partial charge is 0.545 e. The van der Waals surface area contributed by atoms with Crippen LogP contribution in [-0.2, 0) is 0 Å². The normalized spacial score (nSPS) is 10.5. The van der Waals surface area contributed by atoms with Crippen LogP contribution in [0.5, 0.6) is 11.5 Å². The van der Waals surface area contributed by atoms with Crippen molar-refractivity contribution >= 4 is 21.9 Å². The highest BCUT2D eigenvalue weighted by molar-refractivity contribution is 9.10. The summed E-state index contributed by atoms with van der Waals surface area (Å²) >= 11 is 3.22. The number of likely N-dealkylation sites (N-methyl/N-ethyl adjacent to an activating group) is 1. The van der Waals surface area contributed by atoms with Crippen LogP contribution in [0, 0.1) is 0 Å². The van der Waals surface area contributed by atoms with Crippen molar-refractivity contribution in [2.45, 2.75) is 0 Å². The smallest absolute Gasteiger partial charge is 0.170 e. The van der Waals surface area contributed by atoms with E-state index in [-0.39, 0.29) is 11.3 Å². The summed E-state index contributed by atoms with van der Waals surface area (Å²) in [6.07, 6.45) is 0. The molecule has 0 unspecified atom stereocenters. The first kappa shape index (κ1) is 14.8. The Hall–Kier alpha value is -1.27. The number of ether oxygens (including phenoxy) is 2. The van der Waals surface area contributed by atoms with Crippen LogP contribution in [0.4, 0.5) is 0 Å². The highest BCUT2D eigenvalue weighted by atomic mass is 79.9. The van der Waals surface area contributed by atoms with Crippen LogP contribution < -0.4 is 19.5 Å². The van der Waals surface area contributed by atoms with E-state index in [1.807, 2.05) is 14.1 Å². The van der Waals surface area contributed by atoms with Crippen LogP contribution in [-0.4, -0.2) is 40.3 Å². The van der Waals surface area contributed by atoms with Gasteiger partial charge in [0, 0.05) is 10.0 Å². The quantitative estimate of drug-likeness (QED) is 0.757. The van der Waals surface area contributed by atoms with E-state index in [0.29, 0.717) is 16.8 Å². The first-order chi connectivity index (χ1) is 8.45. The number of methoxy groups -OCH3 is 1. The summed E-state index contributed by atoms with van der Waals surface area (Å²) in [5.41, 5.74) is -0.0185. The number of carboxylic acids is 1. The molecule has 1 aromatic rings. The Morgan fingerprint density at radius 1 is 1.44 bits per heavy atom. The molecule has 0 saturated heterocycles. The van der Waals surface area contributed by atoms with Gasteiger partial charge in [-0.2, -0.15) is 0 Å². The molecule has 0 aliphatic rings. The standard InChI is InChI=1S/C12H16BrNO4/c1-14(2)4-5-18-11-9(12(15)16)6-8(13)7-10(11)17-3/h6-7H,4-5H2,1-3H3,(H,15,16).